The molecule has 1 N–H and O–H groups in total. The Labute approximate surface area is 142 Å². The van der Waals surface area contributed by atoms with Crippen molar-refractivity contribution in [2.75, 3.05) is 19.7 Å². The summed E-state index contributed by atoms with van der Waals surface area (Å²) in [6.07, 6.45) is 4.67. The number of benzene rings is 1. The topological polar surface area (TPSA) is 62.9 Å². The summed E-state index contributed by atoms with van der Waals surface area (Å²) in [5, 5.41) is 18.9. The fourth-order valence-electron chi connectivity index (χ4n) is 3.30. The molecule has 1 fully saturated rings. The quantitative estimate of drug-likeness (QED) is 0.853. The van der Waals surface area contributed by atoms with Crippen LogP contribution in [0.5, 0.6) is 0 Å². The number of nitrogens with zero attached hydrogens (tertiary/aromatic N) is 3. The second-order valence-electron chi connectivity index (χ2n) is 6.01. The molecule has 1 atom stereocenters. The molecule has 1 saturated heterocycles. The molecule has 2 aromatic rings. The normalized spacial score (nSPS) is 16.1. The third kappa shape index (κ3) is 3.21. The summed E-state index contributed by atoms with van der Waals surface area (Å²) in [5.74, 6) is 0. The van der Waals surface area contributed by atoms with Crippen molar-refractivity contribution in [3.8, 4) is 6.07 Å². The van der Waals surface area contributed by atoms with E-state index in [-0.39, 0.29) is 6.23 Å². The molecule has 0 amide bonds. The lowest BCUT2D eigenvalue weighted by atomic mass is 9.93. The molecule has 5 heteroatoms. The lowest BCUT2D eigenvalue weighted by molar-refractivity contribution is -0.000559. The molecule has 1 aliphatic heterocycles. The van der Waals surface area contributed by atoms with Crippen LogP contribution < -0.4 is 5.32 Å². The third-order valence-electron chi connectivity index (χ3n) is 4.50. The zero-order valence-corrected chi connectivity index (χ0v) is 14.4. The Bertz CT molecular complexity index is 776. The molecule has 0 aliphatic carbocycles. The zero-order chi connectivity index (χ0) is 16.9. The van der Waals surface area contributed by atoms with Gasteiger partial charge in [-0.25, -0.2) is 4.68 Å². The molecule has 1 aromatic heterocycles. The van der Waals surface area contributed by atoms with Crippen LogP contribution in [0.4, 0.5) is 0 Å². The van der Waals surface area contributed by atoms with Crippen molar-refractivity contribution in [3.63, 3.8) is 0 Å². The number of nitrogens with one attached hydrogen (secondary N) is 1. The summed E-state index contributed by atoms with van der Waals surface area (Å²) in [6.45, 7) is 6.61. The average molecular weight is 324 g/mol. The minimum absolute atomic E-state index is 0.0627. The molecule has 0 spiro atoms. The molecule has 2 heterocycles. The average Bonchev–Trinajstić information content (AvgIpc) is 3.06. The summed E-state index contributed by atoms with van der Waals surface area (Å²) in [4.78, 5) is 0. The first-order valence-electron chi connectivity index (χ1n) is 8.71. The van der Waals surface area contributed by atoms with Gasteiger partial charge in [0.05, 0.1) is 11.6 Å². The van der Waals surface area contributed by atoms with E-state index in [1.165, 1.54) is 5.57 Å². The summed E-state index contributed by atoms with van der Waals surface area (Å²) >= 11 is 0. The highest BCUT2D eigenvalue weighted by molar-refractivity contribution is 5.95. The highest BCUT2D eigenvalue weighted by atomic mass is 16.5. The summed E-state index contributed by atoms with van der Waals surface area (Å²) in [6, 6.07) is 8.49. The molecule has 1 unspecified atom stereocenters. The predicted octanol–water partition coefficient (Wildman–Crippen LogP) is 3.64. The first kappa shape index (κ1) is 16.7. The molecular formula is C19H24N4O. The fraction of sp³-hybridized carbons (Fsp3) is 0.474. The number of rotatable bonds is 5. The van der Waals surface area contributed by atoms with E-state index >= 15 is 0 Å². The number of ether oxygens (including phenoxy) is 1. The zero-order valence-electron chi connectivity index (χ0n) is 14.4. The standard InChI is InChI=1S/C19H24N4O/c1-3-18(24-4-2)23-13-15-6-5-7-16(19(15)22-23)17(12-20)14-8-10-21-11-9-14/h5-7,13,18,21H,3-4,8-11H2,1-2H3. The molecule has 126 valence electrons. The monoisotopic (exact) mass is 324 g/mol. The van der Waals surface area contributed by atoms with E-state index in [4.69, 9.17) is 9.84 Å². The number of aromatic nitrogens is 2. The Kier molecular flexibility index (Phi) is 5.29. The van der Waals surface area contributed by atoms with Crippen molar-refractivity contribution in [2.45, 2.75) is 39.3 Å². The van der Waals surface area contributed by atoms with Gasteiger partial charge in [0.1, 0.15) is 11.7 Å². The van der Waals surface area contributed by atoms with Crippen molar-refractivity contribution >= 4 is 16.5 Å². The van der Waals surface area contributed by atoms with E-state index in [1.54, 1.807) is 0 Å². The first-order valence-corrected chi connectivity index (χ1v) is 8.71. The molecule has 1 aromatic carbocycles. The van der Waals surface area contributed by atoms with Crippen LogP contribution >= 0.6 is 0 Å². The van der Waals surface area contributed by atoms with Crippen molar-refractivity contribution in [2.24, 2.45) is 0 Å². The van der Waals surface area contributed by atoms with Crippen LogP contribution in [0.15, 0.2) is 30.0 Å². The van der Waals surface area contributed by atoms with Gasteiger partial charge in [0.2, 0.25) is 0 Å². The molecule has 0 bridgehead atoms. The van der Waals surface area contributed by atoms with Gasteiger partial charge in [0, 0.05) is 23.8 Å². The number of nitriles is 1. The van der Waals surface area contributed by atoms with E-state index in [9.17, 15) is 5.26 Å². The van der Waals surface area contributed by atoms with Crippen molar-refractivity contribution in [1.82, 2.24) is 15.1 Å². The molecule has 0 radical (unpaired) electrons. The van der Waals surface area contributed by atoms with Gasteiger partial charge in [-0.3, -0.25) is 0 Å². The van der Waals surface area contributed by atoms with Gasteiger partial charge >= 0.3 is 0 Å². The van der Waals surface area contributed by atoms with Gasteiger partial charge in [-0.1, -0.05) is 25.1 Å². The number of hydrogen-bond acceptors (Lipinski definition) is 4. The number of piperidine rings is 1. The first-order chi connectivity index (χ1) is 11.8. The second-order valence-corrected chi connectivity index (χ2v) is 6.01. The Hall–Kier alpha value is -2.16. The van der Waals surface area contributed by atoms with Crippen LogP contribution in [0.25, 0.3) is 16.5 Å². The van der Waals surface area contributed by atoms with E-state index in [0.29, 0.717) is 6.61 Å². The Morgan fingerprint density at radius 3 is 2.83 bits per heavy atom. The van der Waals surface area contributed by atoms with E-state index in [1.807, 2.05) is 36.0 Å². The van der Waals surface area contributed by atoms with Crippen LogP contribution in [0.2, 0.25) is 0 Å². The predicted molar refractivity (Wildman–Crippen MR) is 95.3 cm³/mol. The van der Waals surface area contributed by atoms with E-state index < -0.39 is 0 Å². The van der Waals surface area contributed by atoms with Gasteiger partial charge in [0.15, 0.2) is 0 Å². The molecule has 24 heavy (non-hydrogen) atoms. The van der Waals surface area contributed by atoms with Gasteiger partial charge < -0.3 is 10.1 Å². The minimum atomic E-state index is -0.0627. The molecule has 0 saturated carbocycles. The molecule has 5 nitrogen and oxygen atoms in total. The van der Waals surface area contributed by atoms with Crippen LogP contribution in [0, 0.1) is 11.3 Å². The van der Waals surface area contributed by atoms with Crippen LogP contribution in [-0.2, 0) is 4.74 Å². The Morgan fingerprint density at radius 1 is 1.38 bits per heavy atom. The summed E-state index contributed by atoms with van der Waals surface area (Å²) < 4.78 is 7.65. The van der Waals surface area contributed by atoms with Gasteiger partial charge in [0.25, 0.3) is 0 Å². The summed E-state index contributed by atoms with van der Waals surface area (Å²) in [5.41, 5.74) is 3.85. The van der Waals surface area contributed by atoms with E-state index in [0.717, 1.165) is 54.4 Å². The Morgan fingerprint density at radius 2 is 2.17 bits per heavy atom. The largest absolute Gasteiger partial charge is 0.357 e. The smallest absolute Gasteiger partial charge is 0.149 e. The molecule has 1 aliphatic rings. The Balaban J connectivity index is 2.08. The maximum absolute atomic E-state index is 9.75. The molecule has 3 rings (SSSR count). The lowest BCUT2D eigenvalue weighted by Crippen LogP contribution is -2.23. The number of hydrogen-bond donors (Lipinski definition) is 1. The van der Waals surface area contributed by atoms with E-state index in [2.05, 4.69) is 18.3 Å². The highest BCUT2D eigenvalue weighted by Crippen LogP contribution is 2.30. The van der Waals surface area contributed by atoms with Crippen molar-refractivity contribution < 1.29 is 4.74 Å². The third-order valence-corrected chi connectivity index (χ3v) is 4.50. The maximum Gasteiger partial charge on any atom is 0.149 e. The van der Waals surface area contributed by atoms with Crippen LogP contribution in [0.3, 0.4) is 0 Å². The number of fused-ring (bicyclic) bond motifs is 1. The minimum Gasteiger partial charge on any atom is -0.357 e. The highest BCUT2D eigenvalue weighted by Gasteiger charge is 2.18. The second kappa shape index (κ2) is 7.61. The summed E-state index contributed by atoms with van der Waals surface area (Å²) in [7, 11) is 0. The van der Waals surface area contributed by atoms with Crippen LogP contribution in [0.1, 0.15) is 44.9 Å². The van der Waals surface area contributed by atoms with Gasteiger partial charge in [-0.05, 0) is 44.8 Å². The van der Waals surface area contributed by atoms with Crippen LogP contribution in [-0.4, -0.2) is 29.5 Å². The maximum atomic E-state index is 9.75. The SMILES string of the molecule is CCOC(CC)n1cc2cccc(C(C#N)=C3CCNCC3)c2n1. The van der Waals surface area contributed by atoms with Crippen molar-refractivity contribution in [1.29, 1.82) is 5.26 Å². The van der Waals surface area contributed by atoms with Gasteiger partial charge in [-0.15, -0.1) is 0 Å². The molecular weight excluding hydrogens is 300 g/mol. The van der Waals surface area contributed by atoms with Crippen molar-refractivity contribution in [3.05, 3.63) is 35.5 Å². The number of allylic oxidation sites excluding steroid dienone is 1. The lowest BCUT2D eigenvalue weighted by Gasteiger charge is -2.17. The fourth-order valence-corrected chi connectivity index (χ4v) is 3.30. The van der Waals surface area contributed by atoms with Gasteiger partial charge in [-0.2, -0.15) is 10.4 Å².